The highest BCUT2D eigenvalue weighted by atomic mass is 16.3. The first-order valence-corrected chi connectivity index (χ1v) is 12.5. The Morgan fingerprint density at radius 3 is 2.59 bits per heavy atom. The van der Waals surface area contributed by atoms with Gasteiger partial charge in [0.15, 0.2) is 0 Å². The normalized spacial score (nSPS) is 35.2. The summed E-state index contributed by atoms with van der Waals surface area (Å²) in [4.78, 5) is 0. The molecule has 0 bridgehead atoms. The first kappa shape index (κ1) is 22.9. The summed E-state index contributed by atoms with van der Waals surface area (Å²) in [5.41, 5.74) is 4.92. The van der Waals surface area contributed by atoms with Gasteiger partial charge in [-0.1, -0.05) is 71.3 Å². The van der Waals surface area contributed by atoms with Gasteiger partial charge in [-0.2, -0.15) is 0 Å². The van der Waals surface area contributed by atoms with Gasteiger partial charge in [0.05, 0.1) is 6.10 Å². The predicted molar refractivity (Wildman–Crippen MR) is 126 cm³/mol. The lowest BCUT2D eigenvalue weighted by Gasteiger charge is -2.43. The zero-order valence-corrected chi connectivity index (χ0v) is 20.0. The van der Waals surface area contributed by atoms with Crippen LogP contribution in [0.2, 0.25) is 0 Å². The van der Waals surface area contributed by atoms with Crippen LogP contribution in [0.15, 0.2) is 34.9 Å². The van der Waals surface area contributed by atoms with Crippen LogP contribution in [-0.2, 0) is 0 Å². The van der Waals surface area contributed by atoms with Gasteiger partial charge in [-0.25, -0.2) is 0 Å². The summed E-state index contributed by atoms with van der Waals surface area (Å²) < 4.78 is 0. The van der Waals surface area contributed by atoms with E-state index in [1.807, 2.05) is 0 Å². The molecule has 3 aliphatic rings. The van der Waals surface area contributed by atoms with Crippen LogP contribution in [0.5, 0.6) is 0 Å². The van der Waals surface area contributed by atoms with Crippen molar-refractivity contribution in [2.45, 2.75) is 105 Å². The molecule has 1 N–H and O–H groups in total. The molecule has 0 radical (unpaired) electrons. The molecule has 0 aromatic heterocycles. The molecular formula is C28H46O. The molecule has 1 saturated carbocycles. The number of allylic oxidation sites excluding steroid dienone is 5. The molecule has 29 heavy (non-hydrogen) atoms. The fraction of sp³-hybridized carbons (Fsp3) is 0.786. The molecule has 164 valence electrons. The average molecular weight is 399 g/mol. The average Bonchev–Trinajstić information content (AvgIpc) is 3.04. The van der Waals surface area contributed by atoms with Gasteiger partial charge in [0, 0.05) is 0 Å². The molecule has 1 fully saturated rings. The van der Waals surface area contributed by atoms with Crippen LogP contribution < -0.4 is 0 Å². The summed E-state index contributed by atoms with van der Waals surface area (Å²) in [7, 11) is 0. The van der Waals surface area contributed by atoms with Crippen molar-refractivity contribution in [3.63, 3.8) is 0 Å². The topological polar surface area (TPSA) is 20.2 Å². The van der Waals surface area contributed by atoms with Gasteiger partial charge >= 0.3 is 0 Å². The SMILES string of the molecule is CC1=C(C=CC2=CCCC3(C)C2CCC3C(C)CCC(C)C(C)C)CC(O)CC1. The van der Waals surface area contributed by atoms with E-state index in [0.717, 1.165) is 48.9 Å². The minimum Gasteiger partial charge on any atom is -0.393 e. The molecule has 1 nitrogen and oxygen atoms in total. The first-order chi connectivity index (χ1) is 13.7. The maximum Gasteiger partial charge on any atom is 0.0583 e. The fourth-order valence-corrected chi connectivity index (χ4v) is 6.52. The van der Waals surface area contributed by atoms with E-state index in [4.69, 9.17) is 0 Å². The number of aliphatic hydroxyl groups excluding tert-OH is 1. The van der Waals surface area contributed by atoms with Crippen molar-refractivity contribution < 1.29 is 5.11 Å². The van der Waals surface area contributed by atoms with Gasteiger partial charge < -0.3 is 5.11 Å². The molecule has 0 aromatic carbocycles. The number of rotatable bonds is 7. The van der Waals surface area contributed by atoms with Crippen molar-refractivity contribution in [2.75, 3.05) is 0 Å². The zero-order valence-electron chi connectivity index (χ0n) is 20.0. The molecule has 6 atom stereocenters. The third-order valence-corrected chi connectivity index (χ3v) is 9.11. The molecule has 3 aliphatic carbocycles. The Balaban J connectivity index is 1.68. The van der Waals surface area contributed by atoms with E-state index in [-0.39, 0.29) is 6.10 Å². The second kappa shape index (κ2) is 9.54. The molecule has 0 aromatic rings. The molecule has 0 saturated heterocycles. The quantitative estimate of drug-likeness (QED) is 0.462. The molecule has 0 spiro atoms. The standard InChI is InChI=1S/C28H46O/c1-19(2)20(3)9-10-22(5)26-15-16-27-23(8-7-17-28(26,27)6)12-13-24-18-25(29)14-11-21(24)4/h8,12-13,19-20,22,25-27,29H,7,9-11,14-18H2,1-6H3. The van der Waals surface area contributed by atoms with Crippen molar-refractivity contribution in [1.82, 2.24) is 0 Å². The summed E-state index contributed by atoms with van der Waals surface area (Å²) in [6, 6.07) is 0. The first-order valence-electron chi connectivity index (χ1n) is 12.5. The third-order valence-electron chi connectivity index (χ3n) is 9.11. The summed E-state index contributed by atoms with van der Waals surface area (Å²) >= 11 is 0. The molecule has 1 heteroatoms. The van der Waals surface area contributed by atoms with E-state index in [0.29, 0.717) is 5.41 Å². The van der Waals surface area contributed by atoms with E-state index >= 15 is 0 Å². The highest BCUT2D eigenvalue weighted by Gasteiger charge is 2.49. The third kappa shape index (κ3) is 5.09. The maximum atomic E-state index is 10.1. The minimum absolute atomic E-state index is 0.145. The van der Waals surface area contributed by atoms with Crippen molar-refractivity contribution >= 4 is 0 Å². The summed E-state index contributed by atoms with van der Waals surface area (Å²) in [6.07, 6.45) is 18.1. The van der Waals surface area contributed by atoms with Crippen LogP contribution in [0.1, 0.15) is 99.3 Å². The van der Waals surface area contributed by atoms with Crippen LogP contribution in [-0.4, -0.2) is 11.2 Å². The fourth-order valence-electron chi connectivity index (χ4n) is 6.52. The van der Waals surface area contributed by atoms with Crippen molar-refractivity contribution in [3.8, 4) is 0 Å². The molecule has 0 amide bonds. The molecule has 3 rings (SSSR count). The summed E-state index contributed by atoms with van der Waals surface area (Å²) in [5.74, 6) is 4.10. The van der Waals surface area contributed by atoms with Crippen LogP contribution in [0, 0.1) is 35.0 Å². The van der Waals surface area contributed by atoms with Crippen LogP contribution >= 0.6 is 0 Å². The molecule has 0 heterocycles. The predicted octanol–water partition coefficient (Wildman–Crippen LogP) is 7.87. The van der Waals surface area contributed by atoms with Gasteiger partial charge in [0.25, 0.3) is 0 Å². The molecular weight excluding hydrogens is 352 g/mol. The Morgan fingerprint density at radius 1 is 1.10 bits per heavy atom. The van der Waals surface area contributed by atoms with Gasteiger partial charge in [-0.15, -0.1) is 0 Å². The van der Waals surface area contributed by atoms with Crippen molar-refractivity contribution in [1.29, 1.82) is 0 Å². The molecule has 6 unspecified atom stereocenters. The van der Waals surface area contributed by atoms with Crippen LogP contribution in [0.3, 0.4) is 0 Å². The van der Waals surface area contributed by atoms with Gasteiger partial charge in [0.1, 0.15) is 0 Å². The van der Waals surface area contributed by atoms with Crippen molar-refractivity contribution in [2.24, 2.45) is 35.0 Å². The second-order valence-electron chi connectivity index (χ2n) is 11.3. The Kier molecular flexibility index (Phi) is 7.52. The molecule has 0 aliphatic heterocycles. The Hall–Kier alpha value is -0.820. The van der Waals surface area contributed by atoms with Crippen molar-refractivity contribution in [3.05, 3.63) is 34.9 Å². The van der Waals surface area contributed by atoms with E-state index in [1.165, 1.54) is 49.7 Å². The smallest absolute Gasteiger partial charge is 0.0583 e. The van der Waals surface area contributed by atoms with Gasteiger partial charge in [-0.05, 0) is 98.0 Å². The minimum atomic E-state index is -0.145. The van der Waals surface area contributed by atoms with E-state index in [9.17, 15) is 5.11 Å². The Morgan fingerprint density at radius 2 is 1.86 bits per heavy atom. The van der Waals surface area contributed by atoms with Crippen LogP contribution in [0.25, 0.3) is 0 Å². The summed E-state index contributed by atoms with van der Waals surface area (Å²) in [6.45, 7) is 14.6. The number of hydrogen-bond donors (Lipinski definition) is 1. The highest BCUT2D eigenvalue weighted by molar-refractivity contribution is 5.36. The zero-order chi connectivity index (χ0) is 21.2. The maximum absolute atomic E-state index is 10.1. The Bertz CT molecular complexity index is 651. The lowest BCUT2D eigenvalue weighted by atomic mass is 9.62. The van der Waals surface area contributed by atoms with E-state index < -0.39 is 0 Å². The lowest BCUT2D eigenvalue weighted by Crippen LogP contribution is -2.35. The number of aliphatic hydroxyl groups is 1. The summed E-state index contributed by atoms with van der Waals surface area (Å²) in [5, 5.41) is 10.1. The largest absolute Gasteiger partial charge is 0.393 e. The van der Waals surface area contributed by atoms with E-state index in [1.54, 1.807) is 5.57 Å². The van der Waals surface area contributed by atoms with Gasteiger partial charge in [0.2, 0.25) is 0 Å². The van der Waals surface area contributed by atoms with Crippen LogP contribution in [0.4, 0.5) is 0 Å². The highest BCUT2D eigenvalue weighted by Crippen LogP contribution is 2.59. The number of fused-ring (bicyclic) bond motifs is 1. The lowest BCUT2D eigenvalue weighted by molar-refractivity contribution is 0.105. The Labute approximate surface area is 180 Å². The van der Waals surface area contributed by atoms with Gasteiger partial charge in [-0.3, -0.25) is 0 Å². The number of hydrogen-bond acceptors (Lipinski definition) is 1. The van der Waals surface area contributed by atoms with E-state index in [2.05, 4.69) is 59.8 Å². The monoisotopic (exact) mass is 398 g/mol. The second-order valence-corrected chi connectivity index (χ2v) is 11.3.